The van der Waals surface area contributed by atoms with E-state index in [0.29, 0.717) is 13.1 Å². The summed E-state index contributed by atoms with van der Waals surface area (Å²) in [5, 5.41) is 5.96. The molecule has 3 aromatic rings. The summed E-state index contributed by atoms with van der Waals surface area (Å²) in [5.41, 5.74) is 3.87. The first-order valence-corrected chi connectivity index (χ1v) is 11.0. The maximum absolute atomic E-state index is 12.9. The van der Waals surface area contributed by atoms with Crippen LogP contribution in [0.15, 0.2) is 84.9 Å². The topological polar surface area (TPSA) is 61.4 Å². The van der Waals surface area contributed by atoms with Crippen molar-refractivity contribution in [2.75, 3.05) is 11.4 Å². The van der Waals surface area contributed by atoms with Gasteiger partial charge in [-0.05, 0) is 49.1 Å². The van der Waals surface area contributed by atoms with Crippen LogP contribution in [0.3, 0.4) is 0 Å². The number of amides is 3. The van der Waals surface area contributed by atoms with Crippen molar-refractivity contribution in [3.8, 4) is 0 Å². The van der Waals surface area contributed by atoms with E-state index < -0.39 is 0 Å². The number of nitrogens with one attached hydrogen (secondary N) is 2. The lowest BCUT2D eigenvalue weighted by molar-refractivity contribution is -0.120. The van der Waals surface area contributed by atoms with Gasteiger partial charge in [0.15, 0.2) is 0 Å². The third-order valence-electron chi connectivity index (χ3n) is 5.01. The van der Waals surface area contributed by atoms with Crippen LogP contribution in [0.25, 0.3) is 0 Å². The molecule has 3 aromatic carbocycles. The Hall–Kier alpha value is -3.60. The van der Waals surface area contributed by atoms with Crippen molar-refractivity contribution in [1.29, 1.82) is 0 Å². The van der Waals surface area contributed by atoms with Gasteiger partial charge >= 0.3 is 6.03 Å². The number of urea groups is 1. The second-order valence-electron chi connectivity index (χ2n) is 8.11. The van der Waals surface area contributed by atoms with Crippen LogP contribution in [0.5, 0.6) is 0 Å². The van der Waals surface area contributed by atoms with Crippen LogP contribution in [0, 0.1) is 0 Å². The predicted molar refractivity (Wildman–Crippen MR) is 130 cm³/mol. The van der Waals surface area contributed by atoms with E-state index in [0.717, 1.165) is 23.2 Å². The average Bonchev–Trinajstić information content (AvgIpc) is 2.78. The molecule has 0 radical (unpaired) electrons. The monoisotopic (exact) mass is 429 g/mol. The molecule has 32 heavy (non-hydrogen) atoms. The number of rotatable bonds is 9. The zero-order chi connectivity index (χ0) is 22.8. The maximum atomic E-state index is 12.9. The number of carbonyl (C=O) groups excluding carboxylic acids is 2. The smallest absolute Gasteiger partial charge is 0.322 e. The summed E-state index contributed by atoms with van der Waals surface area (Å²) in [6, 6.07) is 27.5. The fraction of sp³-hybridized carbons (Fsp3) is 0.259. The van der Waals surface area contributed by atoms with E-state index in [1.807, 2.05) is 86.6 Å². The first-order valence-electron chi connectivity index (χ1n) is 11.0. The minimum absolute atomic E-state index is 0.0272. The van der Waals surface area contributed by atoms with Crippen molar-refractivity contribution in [3.05, 3.63) is 102 Å². The molecule has 0 aliphatic heterocycles. The van der Waals surface area contributed by atoms with Crippen LogP contribution in [0.4, 0.5) is 10.5 Å². The van der Waals surface area contributed by atoms with Crippen molar-refractivity contribution >= 4 is 17.6 Å². The highest BCUT2D eigenvalue weighted by molar-refractivity contribution is 5.92. The largest absolute Gasteiger partial charge is 0.355 e. The van der Waals surface area contributed by atoms with Gasteiger partial charge in [-0.3, -0.25) is 9.69 Å². The molecule has 0 fully saturated rings. The number of nitrogens with zero attached hydrogens (tertiary/aromatic N) is 1. The van der Waals surface area contributed by atoms with Crippen LogP contribution in [-0.4, -0.2) is 24.5 Å². The first kappa shape index (κ1) is 23.1. The Morgan fingerprint density at radius 3 is 2.09 bits per heavy atom. The predicted octanol–water partition coefficient (Wildman–Crippen LogP) is 4.71. The van der Waals surface area contributed by atoms with Crippen LogP contribution < -0.4 is 15.5 Å². The molecule has 166 valence electrons. The van der Waals surface area contributed by atoms with Gasteiger partial charge in [0.1, 0.15) is 0 Å². The molecule has 0 aliphatic rings. The summed E-state index contributed by atoms with van der Waals surface area (Å²) >= 11 is 0. The molecule has 3 rings (SSSR count). The molecule has 2 N–H and O–H groups in total. The highest BCUT2D eigenvalue weighted by atomic mass is 16.2. The van der Waals surface area contributed by atoms with Gasteiger partial charge in [-0.2, -0.15) is 0 Å². The Morgan fingerprint density at radius 2 is 1.44 bits per heavy atom. The van der Waals surface area contributed by atoms with Crippen LogP contribution in [-0.2, 0) is 24.2 Å². The minimum Gasteiger partial charge on any atom is -0.355 e. The van der Waals surface area contributed by atoms with E-state index in [1.54, 1.807) is 4.90 Å². The van der Waals surface area contributed by atoms with Crippen molar-refractivity contribution < 1.29 is 9.59 Å². The summed E-state index contributed by atoms with van der Waals surface area (Å²) < 4.78 is 0. The maximum Gasteiger partial charge on any atom is 0.322 e. The van der Waals surface area contributed by atoms with Crippen molar-refractivity contribution in [3.63, 3.8) is 0 Å². The molecule has 0 unspecified atom stereocenters. The molecule has 0 saturated carbocycles. The van der Waals surface area contributed by atoms with Gasteiger partial charge < -0.3 is 10.6 Å². The van der Waals surface area contributed by atoms with Crippen LogP contribution >= 0.6 is 0 Å². The Balaban J connectivity index is 1.66. The molecule has 0 spiro atoms. The van der Waals surface area contributed by atoms with E-state index in [2.05, 4.69) is 22.8 Å². The molecule has 0 saturated heterocycles. The fourth-order valence-corrected chi connectivity index (χ4v) is 3.44. The second-order valence-corrected chi connectivity index (χ2v) is 8.11. The van der Waals surface area contributed by atoms with E-state index in [9.17, 15) is 9.59 Å². The molecule has 0 aromatic heterocycles. The number of carbonyl (C=O) groups is 2. The quantitative estimate of drug-likeness (QED) is 0.517. The first-order chi connectivity index (χ1) is 15.5. The number of hydrogen-bond acceptors (Lipinski definition) is 2. The van der Waals surface area contributed by atoms with E-state index in [4.69, 9.17) is 0 Å². The van der Waals surface area contributed by atoms with E-state index >= 15 is 0 Å². The van der Waals surface area contributed by atoms with Gasteiger partial charge in [-0.1, -0.05) is 72.8 Å². The lowest BCUT2D eigenvalue weighted by atomic mass is 10.1. The number of hydrogen-bond donors (Lipinski definition) is 2. The summed E-state index contributed by atoms with van der Waals surface area (Å²) in [7, 11) is 0. The van der Waals surface area contributed by atoms with Gasteiger partial charge in [-0.25, -0.2) is 4.79 Å². The zero-order valence-electron chi connectivity index (χ0n) is 18.8. The van der Waals surface area contributed by atoms with Crippen molar-refractivity contribution in [2.45, 2.75) is 39.3 Å². The second kappa shape index (κ2) is 11.7. The Kier molecular flexibility index (Phi) is 8.44. The molecule has 5 heteroatoms. The number of benzene rings is 3. The lowest BCUT2D eigenvalue weighted by Gasteiger charge is -2.25. The summed E-state index contributed by atoms with van der Waals surface area (Å²) in [6.07, 6.45) is 1.07. The normalized spacial score (nSPS) is 10.6. The highest BCUT2D eigenvalue weighted by Crippen LogP contribution is 2.20. The molecule has 0 heterocycles. The van der Waals surface area contributed by atoms with Crippen molar-refractivity contribution in [2.24, 2.45) is 0 Å². The molecule has 0 aliphatic carbocycles. The molecule has 3 amide bonds. The van der Waals surface area contributed by atoms with E-state index in [1.165, 1.54) is 5.56 Å². The molecule has 0 bridgehead atoms. The number of anilines is 1. The van der Waals surface area contributed by atoms with E-state index in [-0.39, 0.29) is 24.4 Å². The summed E-state index contributed by atoms with van der Waals surface area (Å²) in [4.78, 5) is 27.1. The van der Waals surface area contributed by atoms with Gasteiger partial charge in [0.05, 0.1) is 13.0 Å². The Labute approximate surface area is 190 Å². The fourth-order valence-electron chi connectivity index (χ4n) is 3.44. The highest BCUT2D eigenvalue weighted by Gasteiger charge is 2.18. The zero-order valence-corrected chi connectivity index (χ0v) is 18.8. The Bertz CT molecular complexity index is 1000. The third-order valence-corrected chi connectivity index (χ3v) is 5.01. The third kappa shape index (κ3) is 7.27. The summed E-state index contributed by atoms with van der Waals surface area (Å²) in [5.74, 6) is -0.0284. The standard InChI is InChI=1S/C27H31N3O2/c1-21(2)29-27(32)30(20-23-12-7-4-8-13-23)25-15-9-14-24(18-25)19-26(31)28-17-16-22-10-5-3-6-11-22/h3-15,18,21H,16-17,19-20H2,1-2H3,(H,28,31)(H,29,32). The van der Waals surface area contributed by atoms with Gasteiger partial charge in [0, 0.05) is 18.3 Å². The molecule has 5 nitrogen and oxygen atoms in total. The van der Waals surface area contributed by atoms with Crippen LogP contribution in [0.1, 0.15) is 30.5 Å². The van der Waals surface area contributed by atoms with Crippen molar-refractivity contribution in [1.82, 2.24) is 10.6 Å². The average molecular weight is 430 g/mol. The molecular formula is C27H31N3O2. The van der Waals surface area contributed by atoms with Gasteiger partial charge in [0.25, 0.3) is 0 Å². The van der Waals surface area contributed by atoms with Gasteiger partial charge in [-0.15, -0.1) is 0 Å². The molecular weight excluding hydrogens is 398 g/mol. The Morgan fingerprint density at radius 1 is 0.812 bits per heavy atom. The summed E-state index contributed by atoms with van der Waals surface area (Å²) in [6.45, 7) is 4.93. The van der Waals surface area contributed by atoms with Gasteiger partial charge in [0.2, 0.25) is 5.91 Å². The van der Waals surface area contributed by atoms with Crippen LogP contribution in [0.2, 0.25) is 0 Å². The minimum atomic E-state index is -0.159. The molecule has 0 atom stereocenters. The lowest BCUT2D eigenvalue weighted by Crippen LogP contribution is -2.42. The SMILES string of the molecule is CC(C)NC(=O)N(Cc1ccccc1)c1cccc(CC(=O)NCCc2ccccc2)c1.